The van der Waals surface area contributed by atoms with E-state index < -0.39 is 0 Å². The lowest BCUT2D eigenvalue weighted by atomic mass is 9.78. The zero-order valence-corrected chi connectivity index (χ0v) is 34.1. The second-order valence-corrected chi connectivity index (χ2v) is 20.5. The van der Waals surface area contributed by atoms with Crippen LogP contribution in [0.5, 0.6) is 0 Å². The van der Waals surface area contributed by atoms with Gasteiger partial charge in [-0.15, -0.1) is 0 Å². The average molecular weight is 675 g/mol. The lowest BCUT2D eigenvalue weighted by molar-refractivity contribution is -0.0905. The third-order valence-electron chi connectivity index (χ3n) is 13.7. The van der Waals surface area contributed by atoms with Crippen molar-refractivity contribution in [3.63, 3.8) is 0 Å². The van der Waals surface area contributed by atoms with E-state index in [9.17, 15) is 0 Å². The third kappa shape index (κ3) is 8.48. The van der Waals surface area contributed by atoms with Crippen LogP contribution >= 0.6 is 0 Å². The van der Waals surface area contributed by atoms with Gasteiger partial charge < -0.3 is 9.47 Å². The Kier molecular flexibility index (Phi) is 11.3. The summed E-state index contributed by atoms with van der Waals surface area (Å²) < 4.78 is 12.5. The van der Waals surface area contributed by atoms with E-state index in [-0.39, 0.29) is 33.4 Å². The molecule has 5 aliphatic rings. The molecule has 48 heavy (non-hydrogen) atoms. The van der Waals surface area contributed by atoms with Crippen LogP contribution in [0, 0.1) is 0 Å². The van der Waals surface area contributed by atoms with Crippen molar-refractivity contribution in [3.8, 4) is 0 Å². The molecule has 5 heterocycles. The van der Waals surface area contributed by atoms with E-state index in [4.69, 9.17) is 9.47 Å². The van der Waals surface area contributed by atoms with E-state index in [2.05, 4.69) is 126 Å². The van der Waals surface area contributed by atoms with E-state index in [1.54, 1.807) is 0 Å². The van der Waals surface area contributed by atoms with Crippen LogP contribution in [0.2, 0.25) is 0 Å². The van der Waals surface area contributed by atoms with Crippen molar-refractivity contribution in [2.75, 3.05) is 78.7 Å². The van der Waals surface area contributed by atoms with Gasteiger partial charge in [0.2, 0.25) is 0 Å². The van der Waals surface area contributed by atoms with Gasteiger partial charge in [0.1, 0.15) is 0 Å². The molecule has 5 fully saturated rings. The van der Waals surface area contributed by atoms with Crippen molar-refractivity contribution in [1.29, 1.82) is 0 Å². The maximum absolute atomic E-state index is 6.57. The number of likely N-dealkylation sites (tertiary alicyclic amines) is 4. The molecule has 0 aromatic heterocycles. The van der Waals surface area contributed by atoms with Crippen molar-refractivity contribution >= 4 is 0 Å². The smallest absolute Gasteiger partial charge is 0.0627 e. The molecule has 0 N–H and O–H groups in total. The Morgan fingerprint density at radius 1 is 0.479 bits per heavy atom. The highest BCUT2D eigenvalue weighted by Gasteiger charge is 2.59. The van der Waals surface area contributed by atoms with E-state index in [1.165, 1.54) is 45.4 Å². The summed E-state index contributed by atoms with van der Waals surface area (Å²) in [4.78, 5) is 16.6. The van der Waals surface area contributed by atoms with Gasteiger partial charge in [0.05, 0.1) is 24.4 Å². The lowest BCUT2D eigenvalue weighted by Gasteiger charge is -2.58. The van der Waals surface area contributed by atoms with Crippen LogP contribution < -0.4 is 0 Å². The Morgan fingerprint density at radius 3 is 1.27 bits per heavy atom. The predicted molar refractivity (Wildman–Crippen MR) is 201 cm³/mol. The molecule has 5 aliphatic heterocycles. The number of fused-ring (bicyclic) bond motifs is 4. The van der Waals surface area contributed by atoms with E-state index in [0.29, 0.717) is 24.2 Å². The molecular weight excluding hydrogens is 596 g/mol. The number of ether oxygens (including phenoxy) is 2. The van der Waals surface area contributed by atoms with Gasteiger partial charge in [-0.2, -0.15) is 0 Å². The number of nitrogens with zero attached hydrogens (tertiary/aromatic N) is 6. The minimum absolute atomic E-state index is 0.0478. The van der Waals surface area contributed by atoms with Gasteiger partial charge in [-0.1, -0.05) is 0 Å². The summed E-state index contributed by atoms with van der Waals surface area (Å²) in [5.74, 6) is 0. The van der Waals surface area contributed by atoms with E-state index in [1.807, 2.05) is 0 Å². The Morgan fingerprint density at radius 2 is 0.875 bits per heavy atom. The number of rotatable bonds is 14. The lowest BCUT2D eigenvalue weighted by Crippen LogP contribution is -2.71. The summed E-state index contributed by atoms with van der Waals surface area (Å²) in [6.07, 6.45) is 4.94. The fourth-order valence-corrected chi connectivity index (χ4v) is 9.96. The molecule has 0 spiro atoms. The maximum atomic E-state index is 6.57. The zero-order valence-electron chi connectivity index (χ0n) is 34.1. The highest BCUT2D eigenvalue weighted by Crippen LogP contribution is 2.48. The maximum Gasteiger partial charge on any atom is 0.0627 e. The normalized spacial score (nSPS) is 29.6. The number of hydrogen-bond acceptors (Lipinski definition) is 8. The summed E-state index contributed by atoms with van der Waals surface area (Å²) in [6.45, 7) is 46.5. The average Bonchev–Trinajstić information content (AvgIpc) is 3.77. The zero-order chi connectivity index (χ0) is 35.5. The molecule has 0 aromatic rings. The van der Waals surface area contributed by atoms with Gasteiger partial charge >= 0.3 is 0 Å². The molecular formula is C40H78N6O2. The minimum atomic E-state index is -0.0993. The summed E-state index contributed by atoms with van der Waals surface area (Å²) >= 11 is 0. The molecule has 8 nitrogen and oxygen atoms in total. The molecule has 0 amide bonds. The van der Waals surface area contributed by atoms with Crippen LogP contribution in [0.1, 0.15) is 123 Å². The Balaban J connectivity index is 1.04. The SMILES string of the molecule is CC(C)(C)OCCN1CCN(CCOC(C)(C)CCC(C)(C)N2C[C@H]3C[C@@H]2CN3C(C)(C)C(C)(C)N2C[C@@H]3C[C@H]2CN3C(C)(C)C)CC1. The highest BCUT2D eigenvalue weighted by atomic mass is 16.5. The first-order valence-electron chi connectivity index (χ1n) is 19.8. The third-order valence-corrected chi connectivity index (χ3v) is 13.7. The fraction of sp³-hybridized carbons (Fsp3) is 1.00. The fourth-order valence-electron chi connectivity index (χ4n) is 9.96. The minimum Gasteiger partial charge on any atom is -0.375 e. The van der Waals surface area contributed by atoms with Crippen LogP contribution in [-0.4, -0.2) is 166 Å². The molecule has 0 unspecified atom stereocenters. The van der Waals surface area contributed by atoms with Crippen molar-refractivity contribution in [3.05, 3.63) is 0 Å². The Bertz CT molecular complexity index is 1070. The van der Waals surface area contributed by atoms with Gasteiger partial charge in [-0.25, -0.2) is 0 Å². The van der Waals surface area contributed by atoms with Gasteiger partial charge in [0.15, 0.2) is 0 Å². The predicted octanol–water partition coefficient (Wildman–Crippen LogP) is 5.65. The van der Waals surface area contributed by atoms with Crippen LogP contribution in [0.4, 0.5) is 0 Å². The Labute approximate surface area is 297 Å². The van der Waals surface area contributed by atoms with Gasteiger partial charge in [0, 0.05) is 112 Å². The molecule has 0 saturated carbocycles. The molecule has 5 rings (SSSR count). The first kappa shape index (κ1) is 38.9. The van der Waals surface area contributed by atoms with Crippen LogP contribution in [-0.2, 0) is 9.47 Å². The van der Waals surface area contributed by atoms with Crippen LogP contribution in [0.25, 0.3) is 0 Å². The standard InChI is InChI=1S/C40H78N6O2/c1-35(2,3)43-27-33-25-31(43)29-45(33)39(11,12)40(13,14)46-30-32-26-34(46)28-44(32)37(7,8)15-16-38(9,10)48-24-22-42-19-17-41(18-20-42)21-23-47-36(4,5)6/h31-34H,15-30H2,1-14H3/t31-,32+,33-,34+/m0/s1. The summed E-state index contributed by atoms with van der Waals surface area (Å²) in [6, 6.07) is 2.72. The summed E-state index contributed by atoms with van der Waals surface area (Å²) in [5, 5.41) is 0. The molecule has 5 saturated heterocycles. The van der Waals surface area contributed by atoms with E-state index >= 15 is 0 Å². The summed E-state index contributed by atoms with van der Waals surface area (Å²) in [7, 11) is 0. The largest absolute Gasteiger partial charge is 0.375 e. The first-order valence-corrected chi connectivity index (χ1v) is 19.8. The molecule has 0 radical (unpaired) electrons. The van der Waals surface area contributed by atoms with Crippen molar-refractivity contribution in [2.24, 2.45) is 0 Å². The van der Waals surface area contributed by atoms with Gasteiger partial charge in [-0.05, 0) is 123 Å². The summed E-state index contributed by atoms with van der Waals surface area (Å²) in [5.41, 5.74) is 0.574. The second-order valence-electron chi connectivity index (χ2n) is 20.5. The highest BCUT2D eigenvalue weighted by molar-refractivity contribution is 5.16. The molecule has 8 heteroatoms. The van der Waals surface area contributed by atoms with Crippen LogP contribution in [0.3, 0.4) is 0 Å². The number of piperazine rings is 3. The topological polar surface area (TPSA) is 37.9 Å². The number of hydrogen-bond donors (Lipinski definition) is 0. The molecule has 280 valence electrons. The molecule has 0 aliphatic carbocycles. The van der Waals surface area contributed by atoms with Crippen molar-refractivity contribution in [1.82, 2.24) is 29.4 Å². The first-order chi connectivity index (χ1) is 22.0. The molecule has 0 aromatic carbocycles. The van der Waals surface area contributed by atoms with Crippen molar-refractivity contribution in [2.45, 2.75) is 180 Å². The quantitative estimate of drug-likeness (QED) is 0.234. The molecule has 4 bridgehead atoms. The monoisotopic (exact) mass is 675 g/mol. The van der Waals surface area contributed by atoms with E-state index in [0.717, 1.165) is 58.9 Å². The van der Waals surface area contributed by atoms with Crippen LogP contribution in [0.15, 0.2) is 0 Å². The molecule has 4 atom stereocenters. The van der Waals surface area contributed by atoms with Gasteiger partial charge in [0.25, 0.3) is 0 Å². The Hall–Kier alpha value is -0.320. The second kappa shape index (κ2) is 13.9. The van der Waals surface area contributed by atoms with Crippen molar-refractivity contribution < 1.29 is 9.47 Å². The van der Waals surface area contributed by atoms with Gasteiger partial charge in [-0.3, -0.25) is 29.4 Å².